The van der Waals surface area contributed by atoms with E-state index in [-0.39, 0.29) is 12.2 Å². The summed E-state index contributed by atoms with van der Waals surface area (Å²) in [6.07, 6.45) is 1.38. The van der Waals surface area contributed by atoms with Gasteiger partial charge in [-0.2, -0.15) is 0 Å². The fraction of sp³-hybridized carbons (Fsp3) is 0.588. The van der Waals surface area contributed by atoms with E-state index in [1.165, 1.54) is 0 Å². The lowest BCUT2D eigenvalue weighted by molar-refractivity contribution is 0.107. The Balaban J connectivity index is 1.89. The van der Waals surface area contributed by atoms with Gasteiger partial charge < -0.3 is 20.1 Å². The highest BCUT2D eigenvalue weighted by molar-refractivity contribution is 6.30. The number of aliphatic imine (C=N–C) groups is 1. The number of rotatable bonds is 5. The molecule has 6 heteroatoms. The van der Waals surface area contributed by atoms with Crippen LogP contribution in [0.3, 0.4) is 0 Å². The maximum atomic E-state index is 9.62. The van der Waals surface area contributed by atoms with Crippen LogP contribution in [0, 0.1) is 0 Å². The normalized spacial score (nSPS) is 17.9. The van der Waals surface area contributed by atoms with Crippen molar-refractivity contribution in [3.8, 4) is 5.75 Å². The average molecular weight is 340 g/mol. The largest absolute Gasteiger partial charge is 0.489 e. The fourth-order valence-electron chi connectivity index (χ4n) is 2.50. The summed E-state index contributed by atoms with van der Waals surface area (Å²) in [5, 5.41) is 13.6. The predicted octanol–water partition coefficient (Wildman–Crippen LogP) is 2.53. The van der Waals surface area contributed by atoms with Gasteiger partial charge >= 0.3 is 0 Å². The third-order valence-electron chi connectivity index (χ3n) is 3.75. The minimum Gasteiger partial charge on any atom is -0.489 e. The van der Waals surface area contributed by atoms with E-state index in [0.29, 0.717) is 11.6 Å². The number of benzene rings is 1. The summed E-state index contributed by atoms with van der Waals surface area (Å²) < 4.78 is 5.85. The second kappa shape index (κ2) is 8.99. The van der Waals surface area contributed by atoms with E-state index in [1.807, 2.05) is 31.2 Å². The molecule has 2 N–H and O–H groups in total. The number of aliphatic hydroxyl groups is 1. The van der Waals surface area contributed by atoms with Crippen LogP contribution in [-0.2, 0) is 0 Å². The van der Waals surface area contributed by atoms with Crippen molar-refractivity contribution in [3.63, 3.8) is 0 Å². The van der Waals surface area contributed by atoms with Crippen molar-refractivity contribution >= 4 is 17.6 Å². The quantitative estimate of drug-likeness (QED) is 0.639. The van der Waals surface area contributed by atoms with Gasteiger partial charge in [-0.15, -0.1) is 0 Å². The van der Waals surface area contributed by atoms with Crippen molar-refractivity contribution in [2.45, 2.75) is 38.9 Å². The zero-order valence-electron chi connectivity index (χ0n) is 13.8. The number of ether oxygens (including phenoxy) is 1. The number of aliphatic hydroxyl groups excluding tert-OH is 1. The molecule has 5 nitrogen and oxygen atoms in total. The number of nitrogens with zero attached hydrogens (tertiary/aromatic N) is 2. The Kier molecular flexibility index (Phi) is 6.99. The third kappa shape index (κ3) is 5.92. The molecule has 128 valence electrons. The average Bonchev–Trinajstić information content (AvgIpc) is 2.54. The molecule has 1 atom stereocenters. The molecule has 0 spiro atoms. The van der Waals surface area contributed by atoms with E-state index in [9.17, 15) is 5.11 Å². The van der Waals surface area contributed by atoms with Crippen LogP contribution >= 0.6 is 11.6 Å². The number of halogens is 1. The van der Waals surface area contributed by atoms with Gasteiger partial charge in [-0.05, 0) is 51.0 Å². The summed E-state index contributed by atoms with van der Waals surface area (Å²) >= 11 is 5.87. The highest BCUT2D eigenvalue weighted by Gasteiger charge is 2.19. The molecule has 0 saturated carbocycles. The Morgan fingerprint density at radius 2 is 2.04 bits per heavy atom. The van der Waals surface area contributed by atoms with Crippen LogP contribution in [0.25, 0.3) is 0 Å². The van der Waals surface area contributed by atoms with E-state index in [0.717, 1.165) is 44.2 Å². The highest BCUT2D eigenvalue weighted by atomic mass is 35.5. The first-order chi connectivity index (χ1) is 11.1. The molecule has 1 heterocycles. The van der Waals surface area contributed by atoms with Crippen molar-refractivity contribution in [1.82, 2.24) is 10.2 Å². The molecule has 0 bridgehead atoms. The first kappa shape index (κ1) is 17.9. The Labute approximate surface area is 143 Å². The molecule has 0 amide bonds. The lowest BCUT2D eigenvalue weighted by atomic mass is 10.1. The summed E-state index contributed by atoms with van der Waals surface area (Å²) in [4.78, 5) is 6.87. The van der Waals surface area contributed by atoms with Gasteiger partial charge in [-0.3, -0.25) is 0 Å². The van der Waals surface area contributed by atoms with Gasteiger partial charge in [0.25, 0.3) is 0 Å². The van der Waals surface area contributed by atoms with Crippen LogP contribution in [0.4, 0.5) is 0 Å². The van der Waals surface area contributed by atoms with Crippen molar-refractivity contribution in [1.29, 1.82) is 0 Å². The zero-order valence-corrected chi connectivity index (χ0v) is 14.6. The molecular formula is C17H26ClN3O2. The first-order valence-electron chi connectivity index (χ1n) is 8.22. The van der Waals surface area contributed by atoms with Crippen LogP contribution in [0.5, 0.6) is 5.75 Å². The van der Waals surface area contributed by atoms with Crippen LogP contribution in [-0.4, -0.2) is 54.4 Å². The Bertz CT molecular complexity index is 499. The summed E-state index contributed by atoms with van der Waals surface area (Å²) in [6.45, 7) is 7.12. The van der Waals surface area contributed by atoms with Crippen LogP contribution in [0.15, 0.2) is 29.3 Å². The molecule has 1 unspecified atom stereocenters. The van der Waals surface area contributed by atoms with Crippen molar-refractivity contribution in [2.75, 3.05) is 26.2 Å². The second-order valence-electron chi connectivity index (χ2n) is 5.80. The fourth-order valence-corrected chi connectivity index (χ4v) is 2.63. The van der Waals surface area contributed by atoms with E-state index in [4.69, 9.17) is 16.3 Å². The molecule has 1 aliphatic rings. The minimum atomic E-state index is -0.179. The molecule has 0 aromatic heterocycles. The molecule has 23 heavy (non-hydrogen) atoms. The van der Waals surface area contributed by atoms with E-state index in [2.05, 4.69) is 22.1 Å². The maximum absolute atomic E-state index is 9.62. The monoisotopic (exact) mass is 339 g/mol. The van der Waals surface area contributed by atoms with Gasteiger partial charge in [0.1, 0.15) is 11.9 Å². The van der Waals surface area contributed by atoms with E-state index in [1.54, 1.807) is 0 Å². The van der Waals surface area contributed by atoms with Gasteiger partial charge in [0.05, 0.1) is 12.6 Å². The predicted molar refractivity (Wildman–Crippen MR) is 94.3 cm³/mol. The van der Waals surface area contributed by atoms with Crippen LogP contribution in [0.2, 0.25) is 5.02 Å². The Morgan fingerprint density at radius 1 is 1.39 bits per heavy atom. The molecule has 1 aromatic rings. The molecule has 1 aromatic carbocycles. The van der Waals surface area contributed by atoms with Gasteiger partial charge in [0.15, 0.2) is 5.96 Å². The Hall–Kier alpha value is -1.46. The Morgan fingerprint density at radius 3 is 2.65 bits per heavy atom. The van der Waals surface area contributed by atoms with Gasteiger partial charge in [0.2, 0.25) is 0 Å². The van der Waals surface area contributed by atoms with Crippen LogP contribution < -0.4 is 10.1 Å². The van der Waals surface area contributed by atoms with E-state index < -0.39 is 0 Å². The number of hydrogen-bond acceptors (Lipinski definition) is 3. The van der Waals surface area contributed by atoms with Gasteiger partial charge in [-0.1, -0.05) is 11.6 Å². The van der Waals surface area contributed by atoms with Crippen LogP contribution in [0.1, 0.15) is 26.7 Å². The molecular weight excluding hydrogens is 314 g/mol. The zero-order chi connectivity index (χ0) is 16.7. The van der Waals surface area contributed by atoms with Crippen molar-refractivity contribution in [3.05, 3.63) is 29.3 Å². The number of hydrogen-bond donors (Lipinski definition) is 2. The van der Waals surface area contributed by atoms with Gasteiger partial charge in [-0.25, -0.2) is 4.99 Å². The third-order valence-corrected chi connectivity index (χ3v) is 4.00. The van der Waals surface area contributed by atoms with E-state index >= 15 is 0 Å². The molecule has 0 radical (unpaired) electrons. The van der Waals surface area contributed by atoms with Gasteiger partial charge in [0, 0.05) is 24.7 Å². The van der Waals surface area contributed by atoms with Crippen molar-refractivity contribution in [2.24, 2.45) is 4.99 Å². The topological polar surface area (TPSA) is 57.1 Å². The summed E-state index contributed by atoms with van der Waals surface area (Å²) in [5.74, 6) is 1.69. The van der Waals surface area contributed by atoms with Crippen molar-refractivity contribution < 1.29 is 9.84 Å². The first-order valence-corrected chi connectivity index (χ1v) is 8.59. The smallest absolute Gasteiger partial charge is 0.194 e. The maximum Gasteiger partial charge on any atom is 0.194 e. The SMILES string of the molecule is CCNC(=NCC(C)Oc1ccc(Cl)cc1)N1CCC(O)CC1. The highest BCUT2D eigenvalue weighted by Crippen LogP contribution is 2.17. The summed E-state index contributed by atoms with van der Waals surface area (Å²) in [6, 6.07) is 7.35. The number of likely N-dealkylation sites (tertiary alicyclic amines) is 1. The number of piperidine rings is 1. The molecule has 1 aliphatic heterocycles. The lowest BCUT2D eigenvalue weighted by Crippen LogP contribution is -2.47. The molecule has 1 saturated heterocycles. The number of nitrogens with one attached hydrogen (secondary N) is 1. The lowest BCUT2D eigenvalue weighted by Gasteiger charge is -2.32. The molecule has 1 fully saturated rings. The molecule has 0 aliphatic carbocycles. The standard InChI is InChI=1S/C17H26ClN3O2/c1-3-19-17(21-10-8-15(22)9-11-21)20-12-13(2)23-16-6-4-14(18)5-7-16/h4-7,13,15,22H,3,8-12H2,1-2H3,(H,19,20). The molecule has 2 rings (SSSR count). The summed E-state index contributed by atoms with van der Waals surface area (Å²) in [5.41, 5.74) is 0. The second-order valence-corrected chi connectivity index (χ2v) is 6.23. The minimum absolute atomic E-state index is 0.0276. The number of guanidine groups is 1. The summed E-state index contributed by atoms with van der Waals surface area (Å²) in [7, 11) is 0.